The molecule has 0 aromatic heterocycles. The fourth-order valence-corrected chi connectivity index (χ4v) is 4.26. The Labute approximate surface area is 202 Å². The summed E-state index contributed by atoms with van der Waals surface area (Å²) in [7, 11) is -1.45. The normalized spacial score (nSPS) is 11.1. The molecule has 0 unspecified atom stereocenters. The molecular formula is C24H21ClN2O6S. The molecule has 0 saturated heterocycles. The highest BCUT2D eigenvalue weighted by Crippen LogP contribution is 2.27. The van der Waals surface area contributed by atoms with Gasteiger partial charge in [0.1, 0.15) is 5.75 Å². The highest BCUT2D eigenvalue weighted by molar-refractivity contribution is 7.92. The zero-order valence-corrected chi connectivity index (χ0v) is 19.8. The van der Waals surface area contributed by atoms with Crippen molar-refractivity contribution in [3.63, 3.8) is 0 Å². The number of ether oxygens (including phenoxy) is 2. The SMILES string of the molecule is COC(=O)C=Cc1cc(S(=O)(=O)Nc2ccccc2C(=O)Nc2ccccc2Cl)ccc1OC. The number of anilines is 2. The van der Waals surface area contributed by atoms with E-state index in [1.165, 1.54) is 50.6 Å². The molecule has 0 spiro atoms. The number of hydrogen-bond acceptors (Lipinski definition) is 6. The van der Waals surface area contributed by atoms with Crippen LogP contribution in [0.1, 0.15) is 15.9 Å². The zero-order valence-electron chi connectivity index (χ0n) is 18.2. The summed E-state index contributed by atoms with van der Waals surface area (Å²) in [6.07, 6.45) is 2.53. The third-order valence-corrected chi connectivity index (χ3v) is 6.34. The van der Waals surface area contributed by atoms with Gasteiger partial charge in [0.15, 0.2) is 0 Å². The maximum atomic E-state index is 13.1. The van der Waals surface area contributed by atoms with E-state index in [1.807, 2.05) is 0 Å². The number of sulfonamides is 1. The van der Waals surface area contributed by atoms with Crippen LogP contribution in [0.15, 0.2) is 77.7 Å². The van der Waals surface area contributed by atoms with Gasteiger partial charge < -0.3 is 14.8 Å². The van der Waals surface area contributed by atoms with Crippen molar-refractivity contribution in [2.75, 3.05) is 24.3 Å². The Morgan fingerprint density at radius 2 is 1.62 bits per heavy atom. The number of carbonyl (C=O) groups is 2. The predicted molar refractivity (Wildman–Crippen MR) is 131 cm³/mol. The number of benzene rings is 3. The van der Waals surface area contributed by atoms with Crippen LogP contribution in [0.4, 0.5) is 11.4 Å². The summed E-state index contributed by atoms with van der Waals surface area (Å²) in [6, 6.07) is 17.0. The maximum Gasteiger partial charge on any atom is 0.330 e. The molecule has 3 aromatic carbocycles. The molecule has 0 fully saturated rings. The quantitative estimate of drug-likeness (QED) is 0.346. The first kappa shape index (κ1) is 24.8. The fourth-order valence-electron chi connectivity index (χ4n) is 2.96. The van der Waals surface area contributed by atoms with Gasteiger partial charge in [-0.05, 0) is 48.5 Å². The molecule has 0 aliphatic carbocycles. The monoisotopic (exact) mass is 500 g/mol. The van der Waals surface area contributed by atoms with Crippen molar-refractivity contribution in [1.29, 1.82) is 0 Å². The molecule has 0 aliphatic rings. The molecule has 3 rings (SSSR count). The molecule has 1 amide bonds. The van der Waals surface area contributed by atoms with E-state index < -0.39 is 21.9 Å². The number of carbonyl (C=O) groups excluding carboxylic acids is 2. The van der Waals surface area contributed by atoms with Crippen molar-refractivity contribution in [3.8, 4) is 5.75 Å². The highest BCUT2D eigenvalue weighted by Gasteiger charge is 2.20. The first-order valence-electron chi connectivity index (χ1n) is 9.87. The lowest BCUT2D eigenvalue weighted by molar-refractivity contribution is -0.134. The highest BCUT2D eigenvalue weighted by atomic mass is 35.5. The Morgan fingerprint density at radius 1 is 0.941 bits per heavy atom. The number of esters is 1. The molecular weight excluding hydrogens is 480 g/mol. The number of methoxy groups -OCH3 is 2. The van der Waals surface area contributed by atoms with Crippen LogP contribution >= 0.6 is 11.6 Å². The second kappa shape index (κ2) is 10.9. The Kier molecular flexibility index (Phi) is 7.93. The molecule has 0 atom stereocenters. The molecule has 2 N–H and O–H groups in total. The van der Waals surface area contributed by atoms with Crippen molar-refractivity contribution in [2.45, 2.75) is 4.90 Å². The number of nitrogens with one attached hydrogen (secondary N) is 2. The van der Waals surface area contributed by atoms with Gasteiger partial charge in [0.2, 0.25) is 0 Å². The second-order valence-corrected chi connectivity index (χ2v) is 8.93. The summed E-state index contributed by atoms with van der Waals surface area (Å²) in [6.45, 7) is 0. The smallest absolute Gasteiger partial charge is 0.330 e. The van der Waals surface area contributed by atoms with Gasteiger partial charge >= 0.3 is 5.97 Å². The largest absolute Gasteiger partial charge is 0.496 e. The van der Waals surface area contributed by atoms with Crippen LogP contribution in [0.25, 0.3) is 6.08 Å². The Balaban J connectivity index is 1.91. The van der Waals surface area contributed by atoms with Gasteiger partial charge in [-0.25, -0.2) is 13.2 Å². The third-order valence-electron chi connectivity index (χ3n) is 4.65. The minimum Gasteiger partial charge on any atom is -0.496 e. The minimum absolute atomic E-state index is 0.0783. The molecule has 176 valence electrons. The number of para-hydroxylation sites is 2. The Hall–Kier alpha value is -3.82. The number of halogens is 1. The zero-order chi connectivity index (χ0) is 24.7. The summed E-state index contributed by atoms with van der Waals surface area (Å²) < 4.78 is 38.5. The van der Waals surface area contributed by atoms with E-state index in [1.54, 1.807) is 36.4 Å². The van der Waals surface area contributed by atoms with E-state index in [4.69, 9.17) is 16.3 Å². The van der Waals surface area contributed by atoms with Crippen LogP contribution < -0.4 is 14.8 Å². The van der Waals surface area contributed by atoms with E-state index >= 15 is 0 Å². The molecule has 0 heterocycles. The van der Waals surface area contributed by atoms with Crippen LogP contribution in [0, 0.1) is 0 Å². The van der Waals surface area contributed by atoms with Gasteiger partial charge in [0.05, 0.1) is 41.1 Å². The van der Waals surface area contributed by atoms with Crippen LogP contribution in [-0.4, -0.2) is 34.5 Å². The van der Waals surface area contributed by atoms with Crippen molar-refractivity contribution < 1.29 is 27.5 Å². The Bertz CT molecular complexity index is 1360. The number of rotatable bonds is 8. The average molecular weight is 501 g/mol. The molecule has 0 aliphatic heterocycles. The lowest BCUT2D eigenvalue weighted by atomic mass is 10.1. The van der Waals surface area contributed by atoms with Crippen molar-refractivity contribution in [1.82, 2.24) is 0 Å². The minimum atomic E-state index is -4.10. The van der Waals surface area contributed by atoms with Gasteiger partial charge in [0.25, 0.3) is 15.9 Å². The van der Waals surface area contributed by atoms with Gasteiger partial charge in [-0.1, -0.05) is 35.9 Å². The summed E-state index contributed by atoms with van der Waals surface area (Å²) in [4.78, 5) is 24.2. The van der Waals surface area contributed by atoms with E-state index in [-0.39, 0.29) is 16.1 Å². The van der Waals surface area contributed by atoms with E-state index in [0.29, 0.717) is 22.0 Å². The number of hydrogen-bond donors (Lipinski definition) is 2. The van der Waals surface area contributed by atoms with E-state index in [0.717, 1.165) is 6.08 Å². The second-order valence-electron chi connectivity index (χ2n) is 6.85. The van der Waals surface area contributed by atoms with Crippen molar-refractivity contribution in [2.24, 2.45) is 0 Å². The van der Waals surface area contributed by atoms with Crippen molar-refractivity contribution in [3.05, 3.63) is 89.0 Å². The summed E-state index contributed by atoms with van der Waals surface area (Å²) >= 11 is 6.11. The van der Waals surface area contributed by atoms with Gasteiger partial charge in [-0.15, -0.1) is 0 Å². The van der Waals surface area contributed by atoms with Crippen LogP contribution in [0.3, 0.4) is 0 Å². The summed E-state index contributed by atoms with van der Waals surface area (Å²) in [5, 5.41) is 3.02. The third kappa shape index (κ3) is 5.94. The fraction of sp³-hybridized carbons (Fsp3) is 0.0833. The van der Waals surface area contributed by atoms with Crippen LogP contribution in [0.5, 0.6) is 5.75 Å². The summed E-state index contributed by atoms with van der Waals surface area (Å²) in [5.41, 5.74) is 0.921. The average Bonchev–Trinajstić information content (AvgIpc) is 2.83. The standard InChI is InChI=1S/C24H21ClN2O6S/c1-32-22-13-12-17(15-16(22)11-14-23(28)33-2)34(30,31)27-20-9-5-3-7-18(20)24(29)26-21-10-6-4-8-19(21)25/h3-15,27H,1-2H3,(H,26,29). The van der Waals surface area contributed by atoms with Gasteiger partial charge in [0, 0.05) is 11.6 Å². The van der Waals surface area contributed by atoms with Crippen LogP contribution in [-0.2, 0) is 19.6 Å². The number of amides is 1. The Morgan fingerprint density at radius 3 is 2.29 bits per heavy atom. The summed E-state index contributed by atoms with van der Waals surface area (Å²) in [5.74, 6) is -0.784. The molecule has 34 heavy (non-hydrogen) atoms. The van der Waals surface area contributed by atoms with E-state index in [9.17, 15) is 18.0 Å². The van der Waals surface area contributed by atoms with Crippen LogP contribution in [0.2, 0.25) is 5.02 Å². The molecule has 8 nitrogen and oxygen atoms in total. The first-order chi connectivity index (χ1) is 16.2. The molecule has 3 aromatic rings. The molecule has 0 bridgehead atoms. The predicted octanol–water partition coefficient (Wildman–Crippen LogP) is 4.59. The molecule has 0 radical (unpaired) electrons. The maximum absolute atomic E-state index is 13.1. The topological polar surface area (TPSA) is 111 Å². The van der Waals surface area contributed by atoms with Gasteiger partial charge in [-0.2, -0.15) is 0 Å². The van der Waals surface area contributed by atoms with E-state index in [2.05, 4.69) is 14.8 Å². The van der Waals surface area contributed by atoms with Crippen molar-refractivity contribution >= 4 is 51.0 Å². The molecule has 10 heteroatoms. The molecule has 0 saturated carbocycles. The lowest BCUT2D eigenvalue weighted by Gasteiger charge is -2.14. The lowest BCUT2D eigenvalue weighted by Crippen LogP contribution is -2.19. The van der Waals surface area contributed by atoms with Gasteiger partial charge in [-0.3, -0.25) is 9.52 Å². The first-order valence-corrected chi connectivity index (χ1v) is 11.7.